The van der Waals surface area contributed by atoms with Crippen molar-refractivity contribution in [2.24, 2.45) is 0 Å². The Morgan fingerprint density at radius 1 is 1.21 bits per heavy atom. The fourth-order valence-corrected chi connectivity index (χ4v) is 3.88. The van der Waals surface area contributed by atoms with Gasteiger partial charge in [-0.1, -0.05) is 28.1 Å². The van der Waals surface area contributed by atoms with Crippen LogP contribution in [0.3, 0.4) is 0 Å². The molecule has 1 fully saturated rings. The molecule has 0 bridgehead atoms. The molecule has 0 radical (unpaired) electrons. The minimum atomic E-state index is -0.258. The highest BCUT2D eigenvalue weighted by Gasteiger charge is 2.23. The van der Waals surface area contributed by atoms with E-state index in [1.54, 1.807) is 12.1 Å². The second-order valence-electron chi connectivity index (χ2n) is 7.30. The van der Waals surface area contributed by atoms with E-state index in [-0.39, 0.29) is 17.8 Å². The number of piperidine rings is 1. The third-order valence-corrected chi connectivity index (χ3v) is 5.64. The summed E-state index contributed by atoms with van der Waals surface area (Å²) in [4.78, 5) is 14.6. The lowest BCUT2D eigenvalue weighted by Gasteiger charge is -2.33. The van der Waals surface area contributed by atoms with Crippen molar-refractivity contribution in [2.45, 2.75) is 25.3 Å². The molecule has 2 N–H and O–H groups in total. The van der Waals surface area contributed by atoms with Crippen LogP contribution in [0.5, 0.6) is 0 Å². The number of nitrogens with zero attached hydrogens (tertiary/aromatic N) is 2. The van der Waals surface area contributed by atoms with Crippen LogP contribution < -0.4 is 10.2 Å². The fourth-order valence-electron chi connectivity index (χ4n) is 3.62. The standard InChI is InChI=1S/C22H22BrFN4O/c23-17-7-3-15(4-8-17)12-22(29)25-19-2-1-11-28(14-19)21-13-20(26-27-21)16-5-9-18(24)10-6-16/h3-10,13,19H,1-2,11-12,14H2,(H,25,29)(H,26,27)/t19-/m1/s1. The number of amides is 1. The number of anilines is 1. The van der Waals surface area contributed by atoms with E-state index in [1.165, 1.54) is 12.1 Å². The SMILES string of the molecule is O=C(Cc1ccc(Br)cc1)N[C@@H]1CCCN(c2cc(-c3ccc(F)cc3)[nH]n2)C1. The molecule has 7 heteroatoms. The minimum Gasteiger partial charge on any atom is -0.353 e. The molecule has 1 aliphatic heterocycles. The van der Waals surface area contributed by atoms with Gasteiger partial charge in [0, 0.05) is 29.7 Å². The second kappa shape index (κ2) is 8.78. The zero-order valence-corrected chi connectivity index (χ0v) is 17.5. The number of nitrogens with one attached hydrogen (secondary N) is 2. The topological polar surface area (TPSA) is 61.0 Å². The van der Waals surface area contributed by atoms with E-state index in [0.717, 1.165) is 53.0 Å². The van der Waals surface area contributed by atoms with Gasteiger partial charge in [0.15, 0.2) is 5.82 Å². The third kappa shape index (κ3) is 5.03. The van der Waals surface area contributed by atoms with E-state index >= 15 is 0 Å². The predicted molar refractivity (Wildman–Crippen MR) is 115 cm³/mol. The van der Waals surface area contributed by atoms with Crippen molar-refractivity contribution >= 4 is 27.7 Å². The average Bonchev–Trinajstić information content (AvgIpc) is 3.21. The Balaban J connectivity index is 1.36. The summed E-state index contributed by atoms with van der Waals surface area (Å²) in [6.45, 7) is 1.62. The lowest BCUT2D eigenvalue weighted by atomic mass is 10.0. The maximum absolute atomic E-state index is 13.1. The van der Waals surface area contributed by atoms with Crippen LogP contribution in [0.15, 0.2) is 59.1 Å². The molecular weight excluding hydrogens is 435 g/mol. The first-order chi connectivity index (χ1) is 14.1. The van der Waals surface area contributed by atoms with Crippen LogP contribution in [0.2, 0.25) is 0 Å². The van der Waals surface area contributed by atoms with Gasteiger partial charge in [0.25, 0.3) is 0 Å². The maximum Gasteiger partial charge on any atom is 0.224 e. The molecule has 1 aromatic heterocycles. The molecule has 29 heavy (non-hydrogen) atoms. The highest BCUT2D eigenvalue weighted by Crippen LogP contribution is 2.24. The predicted octanol–water partition coefficient (Wildman–Crippen LogP) is 4.31. The first-order valence-electron chi connectivity index (χ1n) is 9.67. The van der Waals surface area contributed by atoms with Crippen molar-refractivity contribution in [3.8, 4) is 11.3 Å². The molecule has 0 unspecified atom stereocenters. The molecule has 2 heterocycles. The summed E-state index contributed by atoms with van der Waals surface area (Å²) < 4.78 is 14.1. The van der Waals surface area contributed by atoms with Crippen molar-refractivity contribution in [2.75, 3.05) is 18.0 Å². The Kier molecular flexibility index (Phi) is 5.94. The highest BCUT2D eigenvalue weighted by molar-refractivity contribution is 9.10. The van der Waals surface area contributed by atoms with E-state index in [2.05, 4.69) is 36.3 Å². The van der Waals surface area contributed by atoms with Gasteiger partial charge >= 0.3 is 0 Å². The van der Waals surface area contributed by atoms with E-state index in [9.17, 15) is 9.18 Å². The average molecular weight is 457 g/mol. The number of benzene rings is 2. The quantitative estimate of drug-likeness (QED) is 0.601. The smallest absolute Gasteiger partial charge is 0.224 e. The van der Waals surface area contributed by atoms with E-state index in [0.29, 0.717) is 6.42 Å². The van der Waals surface area contributed by atoms with Crippen LogP contribution in [0.25, 0.3) is 11.3 Å². The van der Waals surface area contributed by atoms with Gasteiger partial charge in [-0.3, -0.25) is 9.89 Å². The van der Waals surface area contributed by atoms with Gasteiger partial charge in [-0.15, -0.1) is 0 Å². The monoisotopic (exact) mass is 456 g/mol. The normalized spacial score (nSPS) is 16.6. The van der Waals surface area contributed by atoms with E-state index < -0.39 is 0 Å². The van der Waals surface area contributed by atoms with Crippen LogP contribution in [-0.4, -0.2) is 35.2 Å². The molecular formula is C22H22BrFN4O. The fraction of sp³-hybridized carbons (Fsp3) is 0.273. The number of halogens is 2. The molecule has 1 aliphatic rings. The first-order valence-corrected chi connectivity index (χ1v) is 10.5. The number of aromatic nitrogens is 2. The second-order valence-corrected chi connectivity index (χ2v) is 8.22. The molecule has 150 valence electrons. The third-order valence-electron chi connectivity index (χ3n) is 5.11. The molecule has 3 aromatic rings. The molecule has 2 aromatic carbocycles. The van der Waals surface area contributed by atoms with Gasteiger partial charge in [-0.25, -0.2) is 4.39 Å². The van der Waals surface area contributed by atoms with Crippen LogP contribution >= 0.6 is 15.9 Å². The van der Waals surface area contributed by atoms with Crippen LogP contribution in [0, 0.1) is 5.82 Å². The molecule has 1 atom stereocenters. The minimum absolute atomic E-state index is 0.0354. The zero-order chi connectivity index (χ0) is 20.2. The van der Waals surface area contributed by atoms with Crippen molar-refractivity contribution in [1.82, 2.24) is 15.5 Å². The lowest BCUT2D eigenvalue weighted by molar-refractivity contribution is -0.121. The summed E-state index contributed by atoms with van der Waals surface area (Å²) in [6.07, 6.45) is 2.32. The summed E-state index contributed by atoms with van der Waals surface area (Å²) in [6, 6.07) is 16.2. The number of carbonyl (C=O) groups is 1. The van der Waals surface area contributed by atoms with Gasteiger partial charge in [0.05, 0.1) is 12.1 Å². The first kappa shape index (κ1) is 19.6. The van der Waals surface area contributed by atoms with Gasteiger partial charge in [-0.05, 0) is 60.4 Å². The van der Waals surface area contributed by atoms with E-state index in [1.807, 2.05) is 30.3 Å². The Morgan fingerprint density at radius 2 is 1.97 bits per heavy atom. The molecule has 1 amide bonds. The Morgan fingerprint density at radius 3 is 2.72 bits per heavy atom. The van der Waals surface area contributed by atoms with Crippen LogP contribution in [0.4, 0.5) is 10.2 Å². The highest BCUT2D eigenvalue weighted by atomic mass is 79.9. The van der Waals surface area contributed by atoms with Crippen molar-refractivity contribution in [3.63, 3.8) is 0 Å². The number of hydrogen-bond donors (Lipinski definition) is 2. The van der Waals surface area contributed by atoms with Gasteiger partial charge < -0.3 is 10.2 Å². The number of aromatic amines is 1. The largest absolute Gasteiger partial charge is 0.353 e. The number of H-pyrrole nitrogens is 1. The molecule has 4 rings (SSSR count). The van der Waals surface area contributed by atoms with Crippen LogP contribution in [-0.2, 0) is 11.2 Å². The summed E-state index contributed by atoms with van der Waals surface area (Å²) >= 11 is 3.41. The molecule has 1 saturated heterocycles. The summed E-state index contributed by atoms with van der Waals surface area (Å²) in [5.41, 5.74) is 2.73. The summed E-state index contributed by atoms with van der Waals surface area (Å²) in [7, 11) is 0. The maximum atomic E-state index is 13.1. The van der Waals surface area contributed by atoms with Gasteiger partial charge in [-0.2, -0.15) is 5.10 Å². The molecule has 0 saturated carbocycles. The number of hydrogen-bond acceptors (Lipinski definition) is 3. The van der Waals surface area contributed by atoms with Crippen LogP contribution in [0.1, 0.15) is 18.4 Å². The number of carbonyl (C=O) groups excluding carboxylic acids is 1. The molecule has 5 nitrogen and oxygen atoms in total. The van der Waals surface area contributed by atoms with Crippen molar-refractivity contribution in [1.29, 1.82) is 0 Å². The Bertz CT molecular complexity index is 971. The summed E-state index contributed by atoms with van der Waals surface area (Å²) in [5, 5.41) is 10.6. The van der Waals surface area contributed by atoms with Gasteiger partial charge in [0.2, 0.25) is 5.91 Å². The van der Waals surface area contributed by atoms with Crippen molar-refractivity contribution < 1.29 is 9.18 Å². The Labute approximate surface area is 177 Å². The lowest BCUT2D eigenvalue weighted by Crippen LogP contribution is -2.48. The number of rotatable bonds is 5. The van der Waals surface area contributed by atoms with Crippen molar-refractivity contribution in [3.05, 3.63) is 70.5 Å². The zero-order valence-electron chi connectivity index (χ0n) is 15.9. The molecule has 0 spiro atoms. The van der Waals surface area contributed by atoms with Gasteiger partial charge in [0.1, 0.15) is 5.82 Å². The summed E-state index contributed by atoms with van der Waals surface area (Å²) in [5.74, 6) is 0.621. The van der Waals surface area contributed by atoms with E-state index in [4.69, 9.17) is 0 Å². The Hall–Kier alpha value is -2.67. The molecule has 0 aliphatic carbocycles.